The Morgan fingerprint density at radius 1 is 1.33 bits per heavy atom. The van der Waals surface area contributed by atoms with Gasteiger partial charge in [0.15, 0.2) is 0 Å². The first-order chi connectivity index (χ1) is 9.86. The predicted octanol–water partition coefficient (Wildman–Crippen LogP) is 0.154. The van der Waals surface area contributed by atoms with Crippen molar-refractivity contribution >= 4 is 16.0 Å². The lowest BCUT2D eigenvalue weighted by Gasteiger charge is -2.31. The van der Waals surface area contributed by atoms with E-state index in [2.05, 4.69) is 0 Å². The number of rotatable bonds is 4. The van der Waals surface area contributed by atoms with Gasteiger partial charge in [0.25, 0.3) is 0 Å². The second-order valence-corrected chi connectivity index (χ2v) is 7.07. The highest BCUT2D eigenvalue weighted by Gasteiger charge is 2.30. The van der Waals surface area contributed by atoms with E-state index in [1.165, 1.54) is 17.5 Å². The number of aliphatic carboxylic acids is 1. The van der Waals surface area contributed by atoms with Crippen LogP contribution in [0.25, 0.3) is 0 Å². The van der Waals surface area contributed by atoms with Crippen LogP contribution in [0.4, 0.5) is 0 Å². The van der Waals surface area contributed by atoms with Crippen molar-refractivity contribution in [2.24, 2.45) is 5.92 Å². The van der Waals surface area contributed by atoms with Gasteiger partial charge < -0.3 is 14.6 Å². The number of carbonyl (C=O) groups excluding carboxylic acids is 1. The van der Waals surface area contributed by atoms with E-state index in [0.717, 1.165) is 5.56 Å². The third-order valence-electron chi connectivity index (χ3n) is 3.79. The molecule has 2 rings (SSSR count). The Hall–Kier alpha value is -1.60. The maximum atomic E-state index is 12.5. The number of carboxylic acid groups (broad SMARTS) is 1. The minimum atomic E-state index is -3.59. The highest BCUT2D eigenvalue weighted by atomic mass is 32.2. The van der Waals surface area contributed by atoms with Crippen molar-refractivity contribution in [1.82, 2.24) is 4.31 Å². The van der Waals surface area contributed by atoms with E-state index in [0.29, 0.717) is 5.75 Å². The normalized spacial score (nSPS) is 17.6. The standard InChI is InChI=1S/C14H19NO5S/c1-10-9-12(3-4-13(10)20-2)21(18,19)15-7-5-11(6-8-15)14(16)17/h3-4,9,11H,5-8H2,1-2H3,(H,16,17)/p-1. The van der Waals surface area contributed by atoms with Crippen LogP contribution in [0.3, 0.4) is 0 Å². The van der Waals surface area contributed by atoms with Gasteiger partial charge in [0.1, 0.15) is 5.75 Å². The van der Waals surface area contributed by atoms with Gasteiger partial charge in [-0.05, 0) is 43.5 Å². The van der Waals surface area contributed by atoms with Crippen LogP contribution < -0.4 is 9.84 Å². The first-order valence-corrected chi connectivity index (χ1v) is 8.16. The maximum Gasteiger partial charge on any atom is 0.243 e. The number of aryl methyl sites for hydroxylation is 1. The van der Waals surface area contributed by atoms with Gasteiger partial charge >= 0.3 is 0 Å². The Labute approximate surface area is 124 Å². The largest absolute Gasteiger partial charge is 0.550 e. The van der Waals surface area contributed by atoms with E-state index in [1.54, 1.807) is 19.1 Å². The third kappa shape index (κ3) is 3.19. The number of nitrogens with zero attached hydrogens (tertiary/aromatic N) is 1. The molecule has 0 unspecified atom stereocenters. The average molecular weight is 312 g/mol. The number of carboxylic acids is 1. The topological polar surface area (TPSA) is 86.7 Å². The summed E-state index contributed by atoms with van der Waals surface area (Å²) in [4.78, 5) is 11.0. The zero-order chi connectivity index (χ0) is 15.6. The van der Waals surface area contributed by atoms with Crippen LogP contribution in [0.5, 0.6) is 5.75 Å². The predicted molar refractivity (Wildman–Crippen MR) is 74.2 cm³/mol. The Morgan fingerprint density at radius 2 is 1.95 bits per heavy atom. The zero-order valence-corrected chi connectivity index (χ0v) is 12.9. The molecule has 0 bridgehead atoms. The van der Waals surface area contributed by atoms with Crippen molar-refractivity contribution in [3.8, 4) is 5.75 Å². The van der Waals surface area contributed by atoms with E-state index in [4.69, 9.17) is 4.74 Å². The Morgan fingerprint density at radius 3 is 2.43 bits per heavy atom. The van der Waals surface area contributed by atoms with Crippen LogP contribution in [0.2, 0.25) is 0 Å². The molecule has 1 aliphatic rings. The van der Waals surface area contributed by atoms with Gasteiger partial charge in [-0.15, -0.1) is 0 Å². The summed E-state index contributed by atoms with van der Waals surface area (Å²) in [6.45, 7) is 2.18. The minimum Gasteiger partial charge on any atom is -0.550 e. The highest BCUT2D eigenvalue weighted by Crippen LogP contribution is 2.26. The molecule has 0 amide bonds. The molecule has 1 aromatic carbocycles. The van der Waals surface area contributed by atoms with Crippen molar-refractivity contribution in [3.63, 3.8) is 0 Å². The van der Waals surface area contributed by atoms with Crippen LogP contribution >= 0.6 is 0 Å². The molecule has 21 heavy (non-hydrogen) atoms. The van der Waals surface area contributed by atoms with E-state index in [9.17, 15) is 18.3 Å². The molecule has 1 saturated heterocycles. The molecule has 0 saturated carbocycles. The molecule has 0 spiro atoms. The lowest BCUT2D eigenvalue weighted by Crippen LogP contribution is -2.43. The molecule has 0 radical (unpaired) electrons. The maximum absolute atomic E-state index is 12.5. The number of ether oxygens (including phenoxy) is 1. The molecule has 1 aromatic rings. The SMILES string of the molecule is COc1ccc(S(=O)(=O)N2CCC(C(=O)[O-])CC2)cc1C. The molecule has 0 N–H and O–H groups in total. The highest BCUT2D eigenvalue weighted by molar-refractivity contribution is 7.89. The van der Waals surface area contributed by atoms with Crippen LogP contribution in [0.1, 0.15) is 18.4 Å². The summed E-state index contributed by atoms with van der Waals surface area (Å²) in [5, 5.41) is 10.8. The van der Waals surface area contributed by atoms with Crippen molar-refractivity contribution in [2.75, 3.05) is 20.2 Å². The number of sulfonamides is 1. The molecule has 0 aromatic heterocycles. The van der Waals surface area contributed by atoms with E-state index in [1.807, 2.05) is 0 Å². The van der Waals surface area contributed by atoms with Crippen molar-refractivity contribution < 1.29 is 23.1 Å². The number of piperidine rings is 1. The third-order valence-corrected chi connectivity index (χ3v) is 5.69. The van der Waals surface area contributed by atoms with Crippen molar-refractivity contribution in [1.29, 1.82) is 0 Å². The van der Waals surface area contributed by atoms with Crippen molar-refractivity contribution in [2.45, 2.75) is 24.7 Å². The van der Waals surface area contributed by atoms with Gasteiger partial charge in [0, 0.05) is 25.0 Å². The second-order valence-electron chi connectivity index (χ2n) is 5.13. The fourth-order valence-electron chi connectivity index (χ4n) is 2.49. The number of benzene rings is 1. The monoisotopic (exact) mass is 312 g/mol. The minimum absolute atomic E-state index is 0.200. The van der Waals surface area contributed by atoms with Crippen LogP contribution in [-0.2, 0) is 14.8 Å². The molecule has 0 aliphatic carbocycles. The van der Waals surface area contributed by atoms with E-state index < -0.39 is 21.9 Å². The quantitative estimate of drug-likeness (QED) is 0.790. The van der Waals surface area contributed by atoms with Gasteiger partial charge in [-0.25, -0.2) is 8.42 Å². The summed E-state index contributed by atoms with van der Waals surface area (Å²) in [5.74, 6) is -1.04. The van der Waals surface area contributed by atoms with E-state index >= 15 is 0 Å². The summed E-state index contributed by atoms with van der Waals surface area (Å²) in [7, 11) is -2.07. The molecular weight excluding hydrogens is 294 g/mol. The summed E-state index contributed by atoms with van der Waals surface area (Å²) in [6, 6.07) is 4.70. The smallest absolute Gasteiger partial charge is 0.243 e. The first-order valence-electron chi connectivity index (χ1n) is 6.72. The second kappa shape index (κ2) is 6.03. The zero-order valence-electron chi connectivity index (χ0n) is 12.0. The van der Waals surface area contributed by atoms with Crippen LogP contribution in [0.15, 0.2) is 23.1 Å². The summed E-state index contributed by atoms with van der Waals surface area (Å²) in [5.41, 5.74) is 0.739. The average Bonchev–Trinajstić information content (AvgIpc) is 2.47. The fourth-order valence-corrected chi connectivity index (χ4v) is 4.05. The van der Waals surface area contributed by atoms with Gasteiger partial charge in [-0.1, -0.05) is 0 Å². The first kappa shape index (κ1) is 15.8. The number of hydrogen-bond acceptors (Lipinski definition) is 5. The van der Waals surface area contributed by atoms with Gasteiger partial charge in [-0.2, -0.15) is 4.31 Å². The molecule has 1 aliphatic heterocycles. The molecule has 7 heteroatoms. The molecule has 1 heterocycles. The summed E-state index contributed by atoms with van der Waals surface area (Å²) >= 11 is 0. The molecule has 116 valence electrons. The lowest BCUT2D eigenvalue weighted by atomic mass is 9.99. The molecule has 1 fully saturated rings. The van der Waals surface area contributed by atoms with Gasteiger partial charge in [0.2, 0.25) is 10.0 Å². The van der Waals surface area contributed by atoms with Crippen LogP contribution in [-0.4, -0.2) is 38.9 Å². The number of carbonyl (C=O) groups is 1. The summed E-state index contributed by atoms with van der Waals surface area (Å²) in [6.07, 6.45) is 0.577. The summed E-state index contributed by atoms with van der Waals surface area (Å²) < 4.78 is 31.5. The fraction of sp³-hybridized carbons (Fsp3) is 0.500. The molecule has 6 nitrogen and oxygen atoms in total. The van der Waals surface area contributed by atoms with Gasteiger partial charge in [0.05, 0.1) is 12.0 Å². The Balaban J connectivity index is 2.19. The Kier molecular flexibility index (Phi) is 4.53. The van der Waals surface area contributed by atoms with E-state index in [-0.39, 0.29) is 30.8 Å². The van der Waals surface area contributed by atoms with Crippen LogP contribution in [0, 0.1) is 12.8 Å². The molecule has 0 atom stereocenters. The number of hydrogen-bond donors (Lipinski definition) is 0. The number of methoxy groups -OCH3 is 1. The Bertz CT molecular complexity index is 633. The molecular formula is C14H18NO5S-. The van der Waals surface area contributed by atoms with Gasteiger partial charge in [-0.3, -0.25) is 0 Å². The van der Waals surface area contributed by atoms with Crippen molar-refractivity contribution in [3.05, 3.63) is 23.8 Å². The lowest BCUT2D eigenvalue weighted by molar-refractivity contribution is -0.312.